The van der Waals surface area contributed by atoms with Gasteiger partial charge in [-0.05, 0) is 49.7 Å². The number of methoxy groups -OCH3 is 1. The smallest absolute Gasteiger partial charge is 0.266 e. The molecule has 5 aromatic rings. The molecule has 0 spiro atoms. The van der Waals surface area contributed by atoms with E-state index in [-0.39, 0.29) is 5.56 Å². The minimum absolute atomic E-state index is 0.143. The molecule has 2 aromatic heterocycles. The van der Waals surface area contributed by atoms with Crippen molar-refractivity contribution in [2.45, 2.75) is 24.8 Å². The second-order valence-electron chi connectivity index (χ2n) is 7.85. The molecule has 3 aromatic carbocycles. The predicted molar refractivity (Wildman–Crippen MR) is 135 cm³/mol. The third kappa shape index (κ3) is 3.99. The van der Waals surface area contributed by atoms with Crippen molar-refractivity contribution in [3.63, 3.8) is 0 Å². The van der Waals surface area contributed by atoms with Crippen molar-refractivity contribution in [1.82, 2.24) is 14.5 Å². The fraction of sp³-hybridized carbons (Fsp3) is 0.148. The zero-order valence-corrected chi connectivity index (χ0v) is 19.9. The molecule has 0 aliphatic carbocycles. The van der Waals surface area contributed by atoms with Gasteiger partial charge < -0.3 is 9.15 Å². The Morgan fingerprint density at radius 2 is 1.68 bits per heavy atom. The molecule has 0 saturated carbocycles. The fourth-order valence-electron chi connectivity index (χ4n) is 3.86. The lowest BCUT2D eigenvalue weighted by atomic mass is 10.1. The van der Waals surface area contributed by atoms with Gasteiger partial charge in [-0.3, -0.25) is 9.36 Å². The summed E-state index contributed by atoms with van der Waals surface area (Å²) in [6.45, 7) is 3.94. The third-order valence-corrected chi connectivity index (χ3v) is 6.63. The Kier molecular flexibility index (Phi) is 5.94. The molecule has 34 heavy (non-hydrogen) atoms. The normalized spacial score (nSPS) is 11.1. The minimum Gasteiger partial charge on any atom is -0.495 e. The summed E-state index contributed by atoms with van der Waals surface area (Å²) in [7, 11) is 1.59. The summed E-state index contributed by atoms with van der Waals surface area (Å²) in [6.07, 6.45) is 0. The number of para-hydroxylation sites is 3. The summed E-state index contributed by atoms with van der Waals surface area (Å²) in [5, 5.41) is 1.12. The summed E-state index contributed by atoms with van der Waals surface area (Å²) in [6, 6.07) is 22.8. The van der Waals surface area contributed by atoms with E-state index in [0.717, 1.165) is 22.6 Å². The Morgan fingerprint density at radius 3 is 2.50 bits per heavy atom. The number of fused-ring (bicyclic) bond motifs is 1. The summed E-state index contributed by atoms with van der Waals surface area (Å²) in [5.41, 5.74) is 4.04. The van der Waals surface area contributed by atoms with Crippen LogP contribution < -0.4 is 10.3 Å². The molecule has 7 heteroatoms. The molecule has 5 rings (SSSR count). The Morgan fingerprint density at radius 1 is 0.941 bits per heavy atom. The summed E-state index contributed by atoms with van der Waals surface area (Å²) >= 11 is 1.44. The molecule has 0 amide bonds. The lowest BCUT2D eigenvalue weighted by molar-refractivity contribution is 0.411. The molecule has 6 nitrogen and oxygen atoms in total. The van der Waals surface area contributed by atoms with E-state index in [1.54, 1.807) is 17.7 Å². The highest BCUT2D eigenvalue weighted by Gasteiger charge is 2.18. The first-order valence-electron chi connectivity index (χ1n) is 10.9. The third-order valence-electron chi connectivity index (χ3n) is 5.68. The van der Waals surface area contributed by atoms with Crippen molar-refractivity contribution in [2.24, 2.45) is 0 Å². The quantitative estimate of drug-likeness (QED) is 0.226. The van der Waals surface area contributed by atoms with Crippen molar-refractivity contribution < 1.29 is 9.15 Å². The SMILES string of the molecule is COc1ccccc1-n1c(SCc2nc(-c3ccccc3C)oc2C)nc2ccccc2c1=O. The number of aromatic nitrogens is 3. The molecule has 0 N–H and O–H groups in total. The van der Waals surface area contributed by atoms with E-state index >= 15 is 0 Å². The number of hydrogen-bond donors (Lipinski definition) is 0. The monoisotopic (exact) mass is 469 g/mol. The zero-order valence-electron chi connectivity index (χ0n) is 19.1. The van der Waals surface area contributed by atoms with Crippen LogP contribution in [0.4, 0.5) is 0 Å². The van der Waals surface area contributed by atoms with E-state index in [4.69, 9.17) is 19.1 Å². The van der Waals surface area contributed by atoms with Crippen LogP contribution in [-0.4, -0.2) is 21.6 Å². The molecular weight excluding hydrogens is 446 g/mol. The number of hydrogen-bond acceptors (Lipinski definition) is 6. The van der Waals surface area contributed by atoms with Gasteiger partial charge in [-0.1, -0.05) is 54.2 Å². The van der Waals surface area contributed by atoms with Gasteiger partial charge in [0.25, 0.3) is 5.56 Å². The van der Waals surface area contributed by atoms with Gasteiger partial charge in [-0.2, -0.15) is 0 Å². The van der Waals surface area contributed by atoms with Crippen LogP contribution in [-0.2, 0) is 5.75 Å². The molecule has 0 bridgehead atoms. The molecule has 0 radical (unpaired) electrons. The predicted octanol–water partition coefficient (Wildman–Crippen LogP) is 5.96. The highest BCUT2D eigenvalue weighted by molar-refractivity contribution is 7.98. The van der Waals surface area contributed by atoms with Crippen LogP contribution in [0.3, 0.4) is 0 Å². The summed E-state index contributed by atoms with van der Waals surface area (Å²) < 4.78 is 13.1. The highest BCUT2D eigenvalue weighted by Crippen LogP contribution is 2.31. The number of rotatable bonds is 6. The first-order valence-corrected chi connectivity index (χ1v) is 11.9. The van der Waals surface area contributed by atoms with E-state index in [0.29, 0.717) is 39.1 Å². The van der Waals surface area contributed by atoms with E-state index in [1.165, 1.54) is 11.8 Å². The van der Waals surface area contributed by atoms with E-state index in [2.05, 4.69) is 0 Å². The number of thioether (sulfide) groups is 1. The van der Waals surface area contributed by atoms with E-state index in [9.17, 15) is 4.79 Å². The van der Waals surface area contributed by atoms with Crippen LogP contribution in [0.5, 0.6) is 5.75 Å². The Labute approximate surface area is 201 Å². The van der Waals surface area contributed by atoms with Gasteiger partial charge in [0.05, 0.1) is 29.4 Å². The van der Waals surface area contributed by atoms with Gasteiger partial charge in [0.15, 0.2) is 5.16 Å². The molecule has 0 aliphatic rings. The Bertz CT molecular complexity index is 1550. The molecule has 0 aliphatic heterocycles. The number of aryl methyl sites for hydroxylation is 2. The van der Waals surface area contributed by atoms with Crippen molar-refractivity contribution in [3.05, 3.63) is 100 Å². The van der Waals surface area contributed by atoms with Crippen molar-refractivity contribution in [1.29, 1.82) is 0 Å². The Balaban J connectivity index is 1.57. The lowest BCUT2D eigenvalue weighted by Crippen LogP contribution is -2.22. The summed E-state index contributed by atoms with van der Waals surface area (Å²) in [5.74, 6) is 2.45. The minimum atomic E-state index is -0.143. The van der Waals surface area contributed by atoms with Crippen LogP contribution in [0.25, 0.3) is 28.0 Å². The van der Waals surface area contributed by atoms with Gasteiger partial charge in [0.1, 0.15) is 11.5 Å². The Hall–Kier alpha value is -3.84. The van der Waals surface area contributed by atoms with Crippen LogP contribution in [0.15, 0.2) is 87.2 Å². The van der Waals surface area contributed by atoms with Crippen LogP contribution in [0, 0.1) is 13.8 Å². The highest BCUT2D eigenvalue weighted by atomic mass is 32.2. The van der Waals surface area contributed by atoms with Crippen molar-refractivity contribution in [2.75, 3.05) is 7.11 Å². The molecule has 0 fully saturated rings. The average Bonchev–Trinajstić information content (AvgIpc) is 3.23. The molecule has 0 atom stereocenters. The lowest BCUT2D eigenvalue weighted by Gasteiger charge is -2.15. The number of benzene rings is 3. The van der Waals surface area contributed by atoms with Gasteiger partial charge in [0.2, 0.25) is 5.89 Å². The van der Waals surface area contributed by atoms with Crippen LogP contribution in [0.2, 0.25) is 0 Å². The second kappa shape index (κ2) is 9.19. The van der Waals surface area contributed by atoms with E-state index in [1.807, 2.05) is 80.6 Å². The van der Waals surface area contributed by atoms with Crippen molar-refractivity contribution >= 4 is 22.7 Å². The molecule has 0 saturated heterocycles. The fourth-order valence-corrected chi connectivity index (χ4v) is 4.87. The largest absolute Gasteiger partial charge is 0.495 e. The van der Waals surface area contributed by atoms with Crippen molar-refractivity contribution in [3.8, 4) is 22.9 Å². The average molecular weight is 470 g/mol. The van der Waals surface area contributed by atoms with Gasteiger partial charge >= 0.3 is 0 Å². The maximum atomic E-state index is 13.5. The molecule has 0 unspecified atom stereocenters. The maximum Gasteiger partial charge on any atom is 0.266 e. The first-order chi connectivity index (χ1) is 16.6. The molecule has 2 heterocycles. The summed E-state index contributed by atoms with van der Waals surface area (Å²) in [4.78, 5) is 23.1. The zero-order chi connectivity index (χ0) is 23.7. The number of oxazole rings is 1. The van der Waals surface area contributed by atoms with E-state index < -0.39 is 0 Å². The number of nitrogens with zero attached hydrogens (tertiary/aromatic N) is 3. The van der Waals surface area contributed by atoms with Gasteiger partial charge in [-0.15, -0.1) is 0 Å². The van der Waals surface area contributed by atoms with Gasteiger partial charge in [-0.25, -0.2) is 9.97 Å². The molecule has 170 valence electrons. The van der Waals surface area contributed by atoms with Gasteiger partial charge in [0, 0.05) is 11.3 Å². The number of ether oxygens (including phenoxy) is 1. The van der Waals surface area contributed by atoms with Crippen LogP contribution in [0.1, 0.15) is 17.0 Å². The maximum absolute atomic E-state index is 13.5. The topological polar surface area (TPSA) is 70.2 Å². The molecular formula is C27H23N3O3S. The standard InChI is InChI=1S/C27H23N3O3S/c1-17-10-4-5-11-19(17)25-28-22(18(2)33-25)16-34-27-29-21-13-7-6-12-20(21)26(31)30(27)23-14-8-9-15-24(23)32-3/h4-15H,16H2,1-3H3. The second-order valence-corrected chi connectivity index (χ2v) is 8.79. The first kappa shape index (κ1) is 22.0. The van der Waals surface area contributed by atoms with Crippen LogP contribution >= 0.6 is 11.8 Å².